The predicted octanol–water partition coefficient (Wildman–Crippen LogP) is 1.89. The molecule has 0 unspecified atom stereocenters. The van der Waals surface area contributed by atoms with Crippen LogP contribution in [-0.2, 0) is 0 Å². The molecule has 1 saturated heterocycles. The highest BCUT2D eigenvalue weighted by atomic mass is 15.3. The molecule has 94 valence electrons. The van der Waals surface area contributed by atoms with Crippen LogP contribution < -0.4 is 10.6 Å². The zero-order valence-electron chi connectivity index (χ0n) is 11.1. The molecule has 0 atom stereocenters. The van der Waals surface area contributed by atoms with Crippen LogP contribution in [0.3, 0.4) is 0 Å². The van der Waals surface area contributed by atoms with Crippen molar-refractivity contribution in [2.24, 2.45) is 0 Å². The summed E-state index contributed by atoms with van der Waals surface area (Å²) in [4.78, 5) is 2.45. The molecule has 1 aliphatic heterocycles. The number of nitrogens with one attached hydrogen (secondary N) is 2. The molecule has 1 heterocycles. The molecule has 0 radical (unpaired) electrons. The molecule has 3 heteroatoms. The fourth-order valence-electron chi connectivity index (χ4n) is 2.21. The van der Waals surface area contributed by atoms with E-state index in [2.05, 4.69) is 48.4 Å². The number of hydrogen-bond acceptors (Lipinski definition) is 3. The van der Waals surface area contributed by atoms with Crippen molar-refractivity contribution in [1.29, 1.82) is 0 Å². The van der Waals surface area contributed by atoms with Crippen molar-refractivity contribution < 1.29 is 0 Å². The van der Waals surface area contributed by atoms with Crippen LogP contribution in [0.1, 0.15) is 16.7 Å². The number of rotatable bonds is 3. The molecule has 2 rings (SSSR count). The van der Waals surface area contributed by atoms with Gasteiger partial charge >= 0.3 is 0 Å². The van der Waals surface area contributed by atoms with E-state index in [0.29, 0.717) is 0 Å². The van der Waals surface area contributed by atoms with Gasteiger partial charge in [0.2, 0.25) is 0 Å². The molecule has 17 heavy (non-hydrogen) atoms. The van der Waals surface area contributed by atoms with E-state index in [1.54, 1.807) is 0 Å². The van der Waals surface area contributed by atoms with Crippen molar-refractivity contribution in [2.45, 2.75) is 20.8 Å². The Morgan fingerprint density at radius 3 is 2.53 bits per heavy atom. The highest BCUT2D eigenvalue weighted by Crippen LogP contribution is 2.21. The SMILES string of the molecule is Cc1ccc(NCN2CCNCC2)c(C)c1C. The van der Waals surface area contributed by atoms with Gasteiger partial charge in [-0.15, -0.1) is 0 Å². The van der Waals surface area contributed by atoms with E-state index < -0.39 is 0 Å². The third-order valence-electron chi connectivity index (χ3n) is 3.76. The fraction of sp³-hybridized carbons (Fsp3) is 0.571. The molecular formula is C14H23N3. The molecule has 0 aliphatic carbocycles. The van der Waals surface area contributed by atoms with Gasteiger partial charge in [-0.3, -0.25) is 4.90 Å². The fourth-order valence-corrected chi connectivity index (χ4v) is 2.21. The van der Waals surface area contributed by atoms with Gasteiger partial charge in [-0.25, -0.2) is 0 Å². The van der Waals surface area contributed by atoms with E-state index in [9.17, 15) is 0 Å². The quantitative estimate of drug-likeness (QED) is 0.835. The summed E-state index contributed by atoms with van der Waals surface area (Å²) in [5.41, 5.74) is 5.41. The van der Waals surface area contributed by atoms with Gasteiger partial charge in [-0.1, -0.05) is 6.07 Å². The van der Waals surface area contributed by atoms with Crippen LogP contribution in [0.25, 0.3) is 0 Å². The van der Waals surface area contributed by atoms with Gasteiger partial charge in [0.15, 0.2) is 0 Å². The minimum atomic E-state index is 0.949. The largest absolute Gasteiger partial charge is 0.372 e. The summed E-state index contributed by atoms with van der Waals surface area (Å²) < 4.78 is 0. The normalized spacial score (nSPS) is 17.1. The second-order valence-corrected chi connectivity index (χ2v) is 4.88. The Hall–Kier alpha value is -1.06. The minimum absolute atomic E-state index is 0.949. The highest BCUT2D eigenvalue weighted by molar-refractivity contribution is 5.55. The Balaban J connectivity index is 1.96. The van der Waals surface area contributed by atoms with Crippen molar-refractivity contribution in [3.8, 4) is 0 Å². The average molecular weight is 233 g/mol. The van der Waals surface area contributed by atoms with Crippen LogP contribution in [0.4, 0.5) is 5.69 Å². The molecular weight excluding hydrogens is 210 g/mol. The zero-order chi connectivity index (χ0) is 12.3. The maximum atomic E-state index is 3.55. The molecule has 1 aromatic carbocycles. The molecule has 0 amide bonds. The first-order valence-corrected chi connectivity index (χ1v) is 6.42. The number of hydrogen-bond donors (Lipinski definition) is 2. The van der Waals surface area contributed by atoms with Gasteiger partial charge in [-0.05, 0) is 43.5 Å². The van der Waals surface area contributed by atoms with Crippen LogP contribution in [0.5, 0.6) is 0 Å². The Morgan fingerprint density at radius 2 is 1.82 bits per heavy atom. The second kappa shape index (κ2) is 5.52. The first-order valence-electron chi connectivity index (χ1n) is 6.42. The van der Waals surface area contributed by atoms with E-state index in [1.807, 2.05) is 0 Å². The van der Waals surface area contributed by atoms with E-state index in [4.69, 9.17) is 0 Å². The van der Waals surface area contributed by atoms with E-state index >= 15 is 0 Å². The third kappa shape index (κ3) is 2.99. The molecule has 1 fully saturated rings. The first kappa shape index (κ1) is 12.4. The highest BCUT2D eigenvalue weighted by Gasteiger charge is 2.09. The van der Waals surface area contributed by atoms with E-state index in [0.717, 1.165) is 32.8 Å². The lowest BCUT2D eigenvalue weighted by Gasteiger charge is -2.28. The Kier molecular flexibility index (Phi) is 4.02. The van der Waals surface area contributed by atoms with Crippen LogP contribution in [0.15, 0.2) is 12.1 Å². The molecule has 3 nitrogen and oxygen atoms in total. The minimum Gasteiger partial charge on any atom is -0.372 e. The number of anilines is 1. The molecule has 0 spiro atoms. The molecule has 0 aromatic heterocycles. The van der Waals surface area contributed by atoms with E-state index in [1.165, 1.54) is 22.4 Å². The zero-order valence-corrected chi connectivity index (χ0v) is 11.1. The summed E-state index contributed by atoms with van der Waals surface area (Å²) in [5, 5.41) is 6.92. The first-order chi connectivity index (χ1) is 8.18. The number of benzene rings is 1. The van der Waals surface area contributed by atoms with Crippen LogP contribution in [0, 0.1) is 20.8 Å². The van der Waals surface area contributed by atoms with E-state index in [-0.39, 0.29) is 0 Å². The molecule has 1 aromatic rings. The summed E-state index contributed by atoms with van der Waals surface area (Å²) in [6.07, 6.45) is 0. The lowest BCUT2D eigenvalue weighted by Crippen LogP contribution is -2.45. The van der Waals surface area contributed by atoms with Gasteiger partial charge in [0.25, 0.3) is 0 Å². The van der Waals surface area contributed by atoms with Crippen molar-refractivity contribution in [3.05, 3.63) is 28.8 Å². The Bertz CT molecular complexity index is 381. The smallest absolute Gasteiger partial charge is 0.0679 e. The predicted molar refractivity (Wildman–Crippen MR) is 73.6 cm³/mol. The van der Waals surface area contributed by atoms with Crippen molar-refractivity contribution in [2.75, 3.05) is 38.2 Å². The Labute approximate surface area is 104 Å². The lowest BCUT2D eigenvalue weighted by molar-refractivity contribution is 0.256. The van der Waals surface area contributed by atoms with Crippen molar-refractivity contribution in [1.82, 2.24) is 10.2 Å². The lowest BCUT2D eigenvalue weighted by atomic mass is 10.0. The maximum absolute atomic E-state index is 3.55. The average Bonchev–Trinajstić information content (AvgIpc) is 2.36. The number of piperazine rings is 1. The standard InChI is InChI=1S/C14H23N3/c1-11-4-5-14(13(3)12(11)2)16-10-17-8-6-15-7-9-17/h4-5,15-16H,6-10H2,1-3H3. The molecule has 2 N–H and O–H groups in total. The monoisotopic (exact) mass is 233 g/mol. The third-order valence-corrected chi connectivity index (χ3v) is 3.76. The van der Waals surface area contributed by atoms with Crippen molar-refractivity contribution >= 4 is 5.69 Å². The van der Waals surface area contributed by atoms with Gasteiger partial charge < -0.3 is 10.6 Å². The van der Waals surface area contributed by atoms with Crippen LogP contribution in [0.2, 0.25) is 0 Å². The van der Waals surface area contributed by atoms with Crippen LogP contribution in [-0.4, -0.2) is 37.7 Å². The summed E-state index contributed by atoms with van der Waals surface area (Å²) >= 11 is 0. The summed E-state index contributed by atoms with van der Waals surface area (Å²) in [5.74, 6) is 0. The summed E-state index contributed by atoms with van der Waals surface area (Å²) in [6, 6.07) is 4.39. The summed E-state index contributed by atoms with van der Waals surface area (Å²) in [6.45, 7) is 12.0. The van der Waals surface area contributed by atoms with Gasteiger partial charge in [0.1, 0.15) is 0 Å². The topological polar surface area (TPSA) is 27.3 Å². The second-order valence-electron chi connectivity index (χ2n) is 4.88. The molecule has 0 bridgehead atoms. The van der Waals surface area contributed by atoms with Gasteiger partial charge in [0, 0.05) is 31.9 Å². The maximum Gasteiger partial charge on any atom is 0.0679 e. The molecule has 1 aliphatic rings. The molecule has 0 saturated carbocycles. The number of nitrogens with zero attached hydrogens (tertiary/aromatic N) is 1. The van der Waals surface area contributed by atoms with Gasteiger partial charge in [-0.2, -0.15) is 0 Å². The van der Waals surface area contributed by atoms with Crippen LogP contribution >= 0.6 is 0 Å². The summed E-state index contributed by atoms with van der Waals surface area (Å²) in [7, 11) is 0. The van der Waals surface area contributed by atoms with Gasteiger partial charge in [0.05, 0.1) is 6.67 Å². The Morgan fingerprint density at radius 1 is 1.12 bits per heavy atom. The van der Waals surface area contributed by atoms with Crippen molar-refractivity contribution in [3.63, 3.8) is 0 Å². The number of aryl methyl sites for hydroxylation is 1.